The number of nitrogens with zero attached hydrogens (tertiary/aromatic N) is 2. The molecule has 0 unspecified atom stereocenters. The summed E-state index contributed by atoms with van der Waals surface area (Å²) in [7, 11) is 1.33. The van der Waals surface area contributed by atoms with Crippen LogP contribution in [0.15, 0.2) is 12.3 Å². The van der Waals surface area contributed by atoms with Gasteiger partial charge in [-0.25, -0.2) is 9.97 Å². The molecule has 1 rings (SSSR count). The van der Waals surface area contributed by atoms with E-state index in [1.165, 1.54) is 7.05 Å². The number of aromatic nitrogens is 2. The molecule has 1 aromatic rings. The Balaban J connectivity index is 2.88. The molecule has 1 heterocycles. The molecule has 0 saturated heterocycles. The Hall–Kier alpha value is -1.90. The molecule has 0 aliphatic carbocycles. The molecule has 6 nitrogen and oxygen atoms in total. The smallest absolute Gasteiger partial charge is 0.394 e. The van der Waals surface area contributed by atoms with E-state index < -0.39 is 30.4 Å². The Bertz CT molecular complexity index is 425. The van der Waals surface area contributed by atoms with Crippen molar-refractivity contribution in [2.75, 3.05) is 19.0 Å². The van der Waals surface area contributed by atoms with Crippen molar-refractivity contribution in [1.29, 1.82) is 0 Å². The molecule has 1 aromatic heterocycles. The first kappa shape index (κ1) is 14.2. The molecule has 0 spiro atoms. The van der Waals surface area contributed by atoms with Gasteiger partial charge in [-0.15, -0.1) is 0 Å². The van der Waals surface area contributed by atoms with Crippen LogP contribution in [0, 0.1) is 0 Å². The van der Waals surface area contributed by atoms with Gasteiger partial charge in [-0.1, -0.05) is 0 Å². The molecule has 9 heteroatoms. The van der Waals surface area contributed by atoms with Crippen LogP contribution in [-0.4, -0.2) is 40.7 Å². The minimum Gasteiger partial charge on any atom is -0.394 e. The van der Waals surface area contributed by atoms with Crippen LogP contribution in [0.3, 0.4) is 0 Å². The van der Waals surface area contributed by atoms with Crippen molar-refractivity contribution in [3.63, 3.8) is 0 Å². The molecule has 0 saturated carbocycles. The van der Waals surface area contributed by atoms with Gasteiger partial charge in [-0.05, 0) is 6.07 Å². The van der Waals surface area contributed by atoms with Crippen LogP contribution in [0.2, 0.25) is 0 Å². The minimum absolute atomic E-state index is 0.382. The van der Waals surface area contributed by atoms with Crippen molar-refractivity contribution in [2.24, 2.45) is 0 Å². The van der Waals surface area contributed by atoms with E-state index in [1.54, 1.807) is 0 Å². The number of hydrogen-bond acceptors (Lipinski definition) is 5. The third-order valence-corrected chi connectivity index (χ3v) is 1.99. The summed E-state index contributed by atoms with van der Waals surface area (Å²) < 4.78 is 37.1. The average molecular weight is 264 g/mol. The number of likely N-dealkylation sites (N-methyl/N-ethyl adjacent to an activating group) is 1. The van der Waals surface area contributed by atoms with E-state index in [9.17, 15) is 18.0 Å². The van der Waals surface area contributed by atoms with Crippen LogP contribution in [0.4, 0.5) is 19.1 Å². The number of amides is 1. The Morgan fingerprint density at radius 2 is 2.22 bits per heavy atom. The summed E-state index contributed by atoms with van der Waals surface area (Å²) >= 11 is 0. The first-order valence-electron chi connectivity index (χ1n) is 4.87. The first-order chi connectivity index (χ1) is 8.38. The van der Waals surface area contributed by atoms with E-state index in [0.717, 1.165) is 6.20 Å². The van der Waals surface area contributed by atoms with Gasteiger partial charge in [0.1, 0.15) is 11.7 Å². The molecular weight excluding hydrogens is 253 g/mol. The van der Waals surface area contributed by atoms with Crippen molar-refractivity contribution >= 4 is 11.9 Å². The van der Waals surface area contributed by atoms with Crippen molar-refractivity contribution in [2.45, 2.75) is 12.2 Å². The zero-order valence-electron chi connectivity index (χ0n) is 9.32. The summed E-state index contributed by atoms with van der Waals surface area (Å²) in [4.78, 5) is 18.0. The molecule has 0 aromatic carbocycles. The SMILES string of the molecule is CNC(=O)[C@H](CO)Nc1nccc(C(F)(F)F)n1. The topological polar surface area (TPSA) is 87.1 Å². The van der Waals surface area contributed by atoms with Gasteiger partial charge in [-0.2, -0.15) is 13.2 Å². The fraction of sp³-hybridized carbons (Fsp3) is 0.444. The molecule has 0 radical (unpaired) electrons. The number of nitrogens with one attached hydrogen (secondary N) is 2. The highest BCUT2D eigenvalue weighted by Crippen LogP contribution is 2.27. The molecular formula is C9H11F3N4O2. The van der Waals surface area contributed by atoms with Gasteiger partial charge in [0.15, 0.2) is 0 Å². The number of aliphatic hydroxyl groups is 1. The maximum Gasteiger partial charge on any atom is 0.433 e. The lowest BCUT2D eigenvalue weighted by Crippen LogP contribution is -2.40. The normalized spacial score (nSPS) is 12.9. The Morgan fingerprint density at radius 3 is 2.72 bits per heavy atom. The summed E-state index contributed by atoms with van der Waals surface area (Å²) in [6, 6.07) is -0.405. The molecule has 18 heavy (non-hydrogen) atoms. The summed E-state index contributed by atoms with van der Waals surface area (Å²) in [5, 5.41) is 13.5. The van der Waals surface area contributed by atoms with E-state index in [-0.39, 0.29) is 5.95 Å². The number of halogens is 3. The third kappa shape index (κ3) is 3.55. The van der Waals surface area contributed by atoms with Crippen LogP contribution in [0.1, 0.15) is 5.69 Å². The van der Waals surface area contributed by atoms with E-state index in [1.807, 2.05) is 0 Å². The van der Waals surface area contributed by atoms with Crippen molar-refractivity contribution in [3.8, 4) is 0 Å². The molecule has 0 aliphatic heterocycles. The maximum absolute atomic E-state index is 12.4. The molecule has 0 bridgehead atoms. The first-order valence-corrected chi connectivity index (χ1v) is 4.87. The van der Waals surface area contributed by atoms with Crippen molar-refractivity contribution < 1.29 is 23.1 Å². The van der Waals surface area contributed by atoms with Gasteiger partial charge in [0, 0.05) is 13.2 Å². The molecule has 0 fully saturated rings. The van der Waals surface area contributed by atoms with Crippen LogP contribution in [0.5, 0.6) is 0 Å². The monoisotopic (exact) mass is 264 g/mol. The highest BCUT2D eigenvalue weighted by atomic mass is 19.4. The zero-order chi connectivity index (χ0) is 13.8. The third-order valence-electron chi connectivity index (χ3n) is 1.99. The number of alkyl halides is 3. The van der Waals surface area contributed by atoms with E-state index in [2.05, 4.69) is 20.6 Å². The summed E-state index contributed by atoms with van der Waals surface area (Å²) in [5.74, 6) is -0.967. The molecule has 100 valence electrons. The lowest BCUT2D eigenvalue weighted by molar-refractivity contribution is -0.141. The average Bonchev–Trinajstić information content (AvgIpc) is 2.34. The second-order valence-corrected chi connectivity index (χ2v) is 3.26. The second-order valence-electron chi connectivity index (χ2n) is 3.26. The number of anilines is 1. The van der Waals surface area contributed by atoms with Gasteiger partial charge >= 0.3 is 6.18 Å². The second kappa shape index (κ2) is 5.63. The molecule has 1 atom stereocenters. The van der Waals surface area contributed by atoms with E-state index in [0.29, 0.717) is 6.07 Å². The van der Waals surface area contributed by atoms with Gasteiger partial charge < -0.3 is 15.7 Å². The fourth-order valence-electron chi connectivity index (χ4n) is 1.11. The lowest BCUT2D eigenvalue weighted by atomic mass is 10.3. The van der Waals surface area contributed by atoms with Crippen molar-refractivity contribution in [1.82, 2.24) is 15.3 Å². The Kier molecular flexibility index (Phi) is 4.43. The summed E-state index contributed by atoms with van der Waals surface area (Å²) in [6.45, 7) is -0.598. The largest absolute Gasteiger partial charge is 0.433 e. The molecule has 3 N–H and O–H groups in total. The predicted molar refractivity (Wildman–Crippen MR) is 55.6 cm³/mol. The Labute approximate surface area is 100 Å². The molecule has 1 amide bonds. The fourth-order valence-corrected chi connectivity index (χ4v) is 1.11. The molecule has 0 aliphatic rings. The van der Waals surface area contributed by atoms with Crippen LogP contribution >= 0.6 is 0 Å². The number of aliphatic hydroxyl groups excluding tert-OH is 1. The number of hydrogen-bond donors (Lipinski definition) is 3. The van der Waals surface area contributed by atoms with Crippen LogP contribution in [-0.2, 0) is 11.0 Å². The highest BCUT2D eigenvalue weighted by molar-refractivity contribution is 5.83. The minimum atomic E-state index is -4.60. The summed E-state index contributed by atoms with van der Waals surface area (Å²) in [5.41, 5.74) is -1.13. The van der Waals surface area contributed by atoms with Gasteiger partial charge in [0.05, 0.1) is 6.61 Å². The van der Waals surface area contributed by atoms with E-state index in [4.69, 9.17) is 5.11 Å². The number of carbonyl (C=O) groups is 1. The number of carbonyl (C=O) groups excluding carboxylic acids is 1. The van der Waals surface area contributed by atoms with Crippen LogP contribution < -0.4 is 10.6 Å². The zero-order valence-corrected chi connectivity index (χ0v) is 9.32. The Morgan fingerprint density at radius 1 is 1.56 bits per heavy atom. The lowest BCUT2D eigenvalue weighted by Gasteiger charge is -2.15. The number of rotatable bonds is 4. The predicted octanol–water partition coefficient (Wildman–Crippen LogP) is 0.0142. The highest BCUT2D eigenvalue weighted by Gasteiger charge is 2.33. The van der Waals surface area contributed by atoms with E-state index >= 15 is 0 Å². The van der Waals surface area contributed by atoms with Crippen LogP contribution in [0.25, 0.3) is 0 Å². The van der Waals surface area contributed by atoms with Gasteiger partial charge in [0.25, 0.3) is 0 Å². The summed E-state index contributed by atoms with van der Waals surface area (Å²) in [6.07, 6.45) is -3.68. The quantitative estimate of drug-likeness (QED) is 0.713. The van der Waals surface area contributed by atoms with Gasteiger partial charge in [0.2, 0.25) is 11.9 Å². The van der Waals surface area contributed by atoms with Crippen molar-refractivity contribution in [3.05, 3.63) is 18.0 Å². The van der Waals surface area contributed by atoms with Gasteiger partial charge in [-0.3, -0.25) is 4.79 Å². The maximum atomic E-state index is 12.4. The standard InChI is InChI=1S/C9H11F3N4O2/c1-13-7(18)5(4-17)15-8-14-3-2-6(16-8)9(10,11)12/h2-3,5,17H,4H2,1H3,(H,13,18)(H,14,15,16)/t5-/m0/s1.